The summed E-state index contributed by atoms with van der Waals surface area (Å²) >= 11 is 0. The molecule has 0 spiro atoms. The number of nitrogens with zero attached hydrogens (tertiary/aromatic N) is 3. The Morgan fingerprint density at radius 3 is 2.36 bits per heavy atom. The number of anilines is 1. The van der Waals surface area contributed by atoms with Crippen molar-refractivity contribution in [2.75, 3.05) is 23.7 Å². The van der Waals surface area contributed by atoms with Crippen LogP contribution in [-0.4, -0.2) is 56.0 Å². The maximum atomic E-state index is 13.6. The standard InChI is InChI=1S/C31H29F3N4O5S/c32-31(33,34)22-13-11-21(12-14-22)29-37-25(26(43-29)23-10-7-15-35-27(23)38-16-5-2-6-17-38)28(39)36-24(30(40)41)19-44(42)18-20-8-3-1-4-9-20/h1,3-4,7-15,24H,2,5-6,16-19H2,(H,36,39)(H,40,41)/t24?,44-/m1/s1. The molecule has 1 aliphatic heterocycles. The van der Waals surface area contributed by atoms with Gasteiger partial charge in [0, 0.05) is 41.4 Å². The average Bonchev–Trinajstić information content (AvgIpc) is 3.47. The molecule has 13 heteroatoms. The maximum Gasteiger partial charge on any atom is 0.416 e. The molecule has 9 nitrogen and oxygen atoms in total. The number of carbonyl (C=O) groups is 2. The van der Waals surface area contributed by atoms with Gasteiger partial charge in [-0.1, -0.05) is 30.3 Å². The zero-order valence-electron chi connectivity index (χ0n) is 23.4. The minimum absolute atomic E-state index is 0.0133. The molecule has 1 fully saturated rings. The van der Waals surface area contributed by atoms with Crippen LogP contribution in [0.4, 0.5) is 19.0 Å². The highest BCUT2D eigenvalue weighted by atomic mass is 32.2. The number of oxazole rings is 1. The second-order valence-electron chi connectivity index (χ2n) is 10.3. The Morgan fingerprint density at radius 1 is 1.00 bits per heavy atom. The number of halogens is 3. The summed E-state index contributed by atoms with van der Waals surface area (Å²) in [5.41, 5.74) is 0.220. The Labute approximate surface area is 253 Å². The van der Waals surface area contributed by atoms with Gasteiger partial charge in [0.2, 0.25) is 5.89 Å². The van der Waals surface area contributed by atoms with E-state index in [-0.39, 0.29) is 34.4 Å². The predicted molar refractivity (Wildman–Crippen MR) is 158 cm³/mol. The van der Waals surface area contributed by atoms with E-state index in [1.54, 1.807) is 48.7 Å². The van der Waals surface area contributed by atoms with E-state index in [0.29, 0.717) is 11.4 Å². The van der Waals surface area contributed by atoms with Gasteiger partial charge in [0.15, 0.2) is 11.5 Å². The van der Waals surface area contributed by atoms with Gasteiger partial charge in [-0.3, -0.25) is 9.00 Å². The molecule has 0 radical (unpaired) electrons. The first-order valence-electron chi connectivity index (χ1n) is 13.9. The number of amides is 1. The highest BCUT2D eigenvalue weighted by molar-refractivity contribution is 7.84. The highest BCUT2D eigenvalue weighted by Gasteiger charge is 2.32. The van der Waals surface area contributed by atoms with Crippen molar-refractivity contribution in [1.82, 2.24) is 15.3 Å². The Kier molecular flexibility index (Phi) is 9.43. The van der Waals surface area contributed by atoms with Crippen molar-refractivity contribution in [2.24, 2.45) is 0 Å². The van der Waals surface area contributed by atoms with Crippen LogP contribution in [0.3, 0.4) is 0 Å². The van der Waals surface area contributed by atoms with Crippen LogP contribution in [0.15, 0.2) is 77.3 Å². The average molecular weight is 627 g/mol. The van der Waals surface area contributed by atoms with Crippen molar-refractivity contribution in [3.05, 3.63) is 89.7 Å². The molecule has 1 saturated heterocycles. The SMILES string of the molecule is O=C(NC(C[S@](=O)Cc1ccccc1)C(=O)O)c1nc(-c2ccc(C(F)(F)F)cc2)oc1-c1cccnc1N1CCCCC1. The fraction of sp³-hybridized carbons (Fsp3) is 0.290. The predicted octanol–water partition coefficient (Wildman–Crippen LogP) is 5.54. The molecule has 0 aliphatic carbocycles. The molecule has 5 rings (SSSR count). The summed E-state index contributed by atoms with van der Waals surface area (Å²) in [5.74, 6) is -2.16. The molecule has 44 heavy (non-hydrogen) atoms. The molecule has 0 saturated carbocycles. The van der Waals surface area contributed by atoms with Gasteiger partial charge in [-0.15, -0.1) is 0 Å². The number of aliphatic carboxylic acids is 1. The third-order valence-electron chi connectivity index (χ3n) is 7.11. The van der Waals surface area contributed by atoms with Gasteiger partial charge >= 0.3 is 12.1 Å². The van der Waals surface area contributed by atoms with E-state index < -0.39 is 40.5 Å². The van der Waals surface area contributed by atoms with Crippen molar-refractivity contribution in [3.63, 3.8) is 0 Å². The van der Waals surface area contributed by atoms with Gasteiger partial charge < -0.3 is 19.7 Å². The van der Waals surface area contributed by atoms with Gasteiger partial charge in [0.05, 0.1) is 16.9 Å². The van der Waals surface area contributed by atoms with Crippen LogP contribution in [-0.2, 0) is 27.5 Å². The number of alkyl halides is 3. The van der Waals surface area contributed by atoms with E-state index in [1.807, 2.05) is 4.90 Å². The van der Waals surface area contributed by atoms with Crippen LogP contribution in [0.5, 0.6) is 0 Å². The van der Waals surface area contributed by atoms with Gasteiger partial charge in [-0.2, -0.15) is 13.2 Å². The zero-order valence-corrected chi connectivity index (χ0v) is 24.2. The molecule has 2 aromatic carbocycles. The lowest BCUT2D eigenvalue weighted by molar-refractivity contribution is -0.139. The largest absolute Gasteiger partial charge is 0.480 e. The molecule has 1 aliphatic rings. The van der Waals surface area contributed by atoms with Gasteiger partial charge in [0.1, 0.15) is 11.9 Å². The van der Waals surface area contributed by atoms with Gasteiger partial charge in [0.25, 0.3) is 5.91 Å². The summed E-state index contributed by atoms with van der Waals surface area (Å²) in [6.07, 6.45) is 0.00251. The lowest BCUT2D eigenvalue weighted by Crippen LogP contribution is -2.44. The summed E-state index contributed by atoms with van der Waals surface area (Å²) < 4.78 is 58.3. The van der Waals surface area contributed by atoms with E-state index in [0.717, 1.165) is 50.0 Å². The van der Waals surface area contributed by atoms with Crippen LogP contribution in [0.1, 0.15) is 40.9 Å². The number of carboxylic acid groups (broad SMARTS) is 1. The Morgan fingerprint density at radius 2 is 1.70 bits per heavy atom. The Bertz CT molecular complexity index is 1640. The topological polar surface area (TPSA) is 126 Å². The van der Waals surface area contributed by atoms with Crippen molar-refractivity contribution in [1.29, 1.82) is 0 Å². The van der Waals surface area contributed by atoms with Crippen LogP contribution in [0, 0.1) is 0 Å². The van der Waals surface area contributed by atoms with Crippen molar-refractivity contribution >= 4 is 28.5 Å². The minimum Gasteiger partial charge on any atom is -0.480 e. The number of hydrogen-bond donors (Lipinski definition) is 2. The van der Waals surface area contributed by atoms with Crippen molar-refractivity contribution < 1.29 is 36.5 Å². The lowest BCUT2D eigenvalue weighted by atomic mass is 10.1. The molecule has 1 unspecified atom stereocenters. The van der Waals surface area contributed by atoms with E-state index in [4.69, 9.17) is 4.42 Å². The number of nitrogens with one attached hydrogen (secondary N) is 1. The molecule has 1 amide bonds. The molecule has 2 atom stereocenters. The van der Waals surface area contributed by atoms with E-state index in [2.05, 4.69) is 15.3 Å². The fourth-order valence-corrected chi connectivity index (χ4v) is 6.20. The Hall–Kier alpha value is -4.52. The lowest BCUT2D eigenvalue weighted by Gasteiger charge is -2.29. The molecule has 230 valence electrons. The second kappa shape index (κ2) is 13.4. The molecular formula is C31H29F3N4O5S. The molecule has 2 N–H and O–H groups in total. The zero-order chi connectivity index (χ0) is 31.3. The van der Waals surface area contributed by atoms with E-state index >= 15 is 0 Å². The first kappa shape index (κ1) is 30.9. The molecular weight excluding hydrogens is 597 g/mol. The first-order chi connectivity index (χ1) is 21.1. The fourth-order valence-electron chi connectivity index (χ4n) is 4.92. The third-order valence-corrected chi connectivity index (χ3v) is 8.48. The summed E-state index contributed by atoms with van der Waals surface area (Å²) in [4.78, 5) is 36.6. The van der Waals surface area contributed by atoms with Crippen LogP contribution >= 0.6 is 0 Å². The summed E-state index contributed by atoms with van der Waals surface area (Å²) in [7, 11) is -1.63. The number of aromatic nitrogens is 2. The smallest absolute Gasteiger partial charge is 0.416 e. The van der Waals surface area contributed by atoms with Crippen LogP contribution in [0.25, 0.3) is 22.8 Å². The minimum atomic E-state index is -4.54. The van der Waals surface area contributed by atoms with Crippen LogP contribution < -0.4 is 10.2 Å². The summed E-state index contributed by atoms with van der Waals surface area (Å²) in [5, 5.41) is 12.3. The first-order valence-corrected chi connectivity index (χ1v) is 15.4. The quantitative estimate of drug-likeness (QED) is 0.235. The number of carbonyl (C=O) groups excluding carboxylic acids is 1. The maximum absolute atomic E-state index is 13.6. The highest BCUT2D eigenvalue weighted by Crippen LogP contribution is 2.37. The van der Waals surface area contributed by atoms with Crippen molar-refractivity contribution in [3.8, 4) is 22.8 Å². The van der Waals surface area contributed by atoms with Gasteiger partial charge in [-0.05, 0) is 61.2 Å². The normalized spacial score (nSPS) is 15.0. The number of pyridine rings is 1. The van der Waals surface area contributed by atoms with Gasteiger partial charge in [-0.25, -0.2) is 14.8 Å². The molecule has 0 bridgehead atoms. The number of benzene rings is 2. The molecule has 3 heterocycles. The third kappa shape index (κ3) is 7.33. The second-order valence-corrected chi connectivity index (χ2v) is 11.8. The van der Waals surface area contributed by atoms with Crippen molar-refractivity contribution in [2.45, 2.75) is 37.2 Å². The monoisotopic (exact) mass is 626 g/mol. The molecule has 4 aromatic rings. The number of piperidine rings is 1. The van der Waals surface area contributed by atoms with E-state index in [9.17, 15) is 32.1 Å². The number of rotatable bonds is 10. The number of hydrogen-bond acceptors (Lipinski definition) is 7. The van der Waals surface area contributed by atoms with Crippen LogP contribution in [0.2, 0.25) is 0 Å². The number of carboxylic acids is 1. The summed E-state index contributed by atoms with van der Waals surface area (Å²) in [6.45, 7) is 1.44. The summed E-state index contributed by atoms with van der Waals surface area (Å²) in [6, 6.07) is 14.8. The molecule has 2 aromatic heterocycles. The van der Waals surface area contributed by atoms with E-state index in [1.165, 1.54) is 12.1 Å². The Balaban J connectivity index is 1.49.